The third-order valence-electron chi connectivity index (χ3n) is 6.03. The van der Waals surface area contributed by atoms with Gasteiger partial charge in [-0.25, -0.2) is 4.79 Å². The highest BCUT2D eigenvalue weighted by molar-refractivity contribution is 5.95. The van der Waals surface area contributed by atoms with E-state index in [0.29, 0.717) is 37.9 Å². The van der Waals surface area contributed by atoms with Gasteiger partial charge in [0.05, 0.1) is 4.92 Å². The van der Waals surface area contributed by atoms with Gasteiger partial charge in [-0.05, 0) is 44.2 Å². The van der Waals surface area contributed by atoms with Gasteiger partial charge < -0.3 is 44.1 Å². The number of nitro groups is 1. The van der Waals surface area contributed by atoms with E-state index in [1.807, 2.05) is 0 Å². The number of likely N-dealkylation sites (tertiary alicyclic amines) is 1. The Balaban J connectivity index is 0.00000481. The number of nitrogens with one attached hydrogen (secondary N) is 3. The molecule has 2 saturated heterocycles. The molecule has 0 unspecified atom stereocenters. The number of nitrogens with two attached hydrogens (primary N) is 1. The van der Waals surface area contributed by atoms with E-state index < -0.39 is 34.9 Å². The summed E-state index contributed by atoms with van der Waals surface area (Å²) in [6.45, 7) is 0.553. The second kappa shape index (κ2) is 13.4. The Hall–Kier alpha value is -3.94. The van der Waals surface area contributed by atoms with Crippen molar-refractivity contribution in [2.75, 3.05) is 18.4 Å². The Morgan fingerprint density at radius 1 is 1.27 bits per heavy atom. The number of nitro benzene ring substituents is 1. The van der Waals surface area contributed by atoms with Gasteiger partial charge in [0.1, 0.15) is 18.1 Å². The lowest BCUT2D eigenvalue weighted by atomic mass is 10.1. The molecular weight excluding hydrogens is 510 g/mol. The molecule has 2 fully saturated rings. The predicted molar refractivity (Wildman–Crippen MR) is 128 cm³/mol. The fraction of sp³-hybridized carbons (Fsp3) is 0.500. The van der Waals surface area contributed by atoms with Crippen molar-refractivity contribution in [3.8, 4) is 0 Å². The molecule has 0 saturated carbocycles. The molecule has 3 atom stereocenters. The molecule has 6 N–H and O–H groups in total. The highest BCUT2D eigenvalue weighted by Gasteiger charge is 2.40. The first-order valence-electron chi connectivity index (χ1n) is 11.6. The largest absolute Gasteiger partial charge is 1.00 e. The van der Waals surface area contributed by atoms with Gasteiger partial charge >= 0.3 is 5.97 Å². The predicted octanol–water partition coefficient (Wildman–Crippen LogP) is -3.06. The van der Waals surface area contributed by atoms with Crippen LogP contribution in [0.5, 0.6) is 0 Å². The average Bonchev–Trinajstić information content (AvgIpc) is 3.50. The van der Waals surface area contributed by atoms with Crippen LogP contribution in [0, 0.1) is 10.1 Å². The monoisotopic (exact) mass is 538 g/mol. The first-order chi connectivity index (χ1) is 17.2. The quantitative estimate of drug-likeness (QED) is 0.0672. The lowest BCUT2D eigenvalue weighted by molar-refractivity contribution is -0.384. The van der Waals surface area contributed by atoms with Crippen molar-refractivity contribution in [1.82, 2.24) is 15.5 Å². The van der Waals surface area contributed by atoms with Crippen LogP contribution in [0.15, 0.2) is 29.3 Å². The summed E-state index contributed by atoms with van der Waals surface area (Å²) in [5.74, 6) is -2.22. The van der Waals surface area contributed by atoms with Crippen LogP contribution in [-0.4, -0.2) is 75.8 Å². The number of rotatable bonds is 10. The number of carbonyl (C=O) groups excluding carboxylic acids is 3. The first-order valence-corrected chi connectivity index (χ1v) is 11.6. The molecule has 1 aromatic rings. The van der Waals surface area contributed by atoms with Crippen molar-refractivity contribution in [2.45, 2.75) is 56.7 Å². The van der Waals surface area contributed by atoms with E-state index in [2.05, 4.69) is 20.9 Å². The molecule has 3 amide bonds. The molecule has 14 nitrogen and oxygen atoms in total. The summed E-state index contributed by atoms with van der Waals surface area (Å²) in [4.78, 5) is 64.4. The number of aliphatic imine (C=N–C) groups is 1. The Bertz CT molecular complexity index is 1050. The molecule has 3 rings (SSSR count). The van der Waals surface area contributed by atoms with Gasteiger partial charge in [0, 0.05) is 37.3 Å². The lowest BCUT2D eigenvalue weighted by Crippen LogP contribution is -3.00. The number of benzene rings is 1. The third kappa shape index (κ3) is 8.03. The van der Waals surface area contributed by atoms with Gasteiger partial charge in [-0.2, -0.15) is 0 Å². The summed E-state index contributed by atoms with van der Waals surface area (Å²) < 4.78 is 0. The zero-order chi connectivity index (χ0) is 26.2. The second-order valence-electron chi connectivity index (χ2n) is 8.59. The van der Waals surface area contributed by atoms with Crippen LogP contribution in [0.3, 0.4) is 0 Å². The minimum Gasteiger partial charge on any atom is -1.00 e. The zero-order valence-corrected chi connectivity index (χ0v) is 20.6. The fourth-order valence-corrected chi connectivity index (χ4v) is 4.18. The van der Waals surface area contributed by atoms with Crippen LogP contribution in [0.1, 0.15) is 38.5 Å². The van der Waals surface area contributed by atoms with Crippen LogP contribution in [0.25, 0.3) is 0 Å². The molecule has 2 aliphatic heterocycles. The van der Waals surface area contributed by atoms with Crippen molar-refractivity contribution < 1.29 is 41.6 Å². The van der Waals surface area contributed by atoms with E-state index in [1.165, 1.54) is 29.2 Å². The number of non-ortho nitro benzene ring substituents is 1. The van der Waals surface area contributed by atoms with E-state index in [1.54, 1.807) is 0 Å². The normalized spacial score (nSPS) is 19.9. The number of carboxylic acid groups (broad SMARTS) is 1. The maximum absolute atomic E-state index is 12.8. The fourth-order valence-electron chi connectivity index (χ4n) is 4.18. The molecular formula is C22H29ClN7O7-. The summed E-state index contributed by atoms with van der Waals surface area (Å²) in [5.41, 5.74) is 6.25. The number of carboxylic acids is 1. The van der Waals surface area contributed by atoms with Gasteiger partial charge in [-0.1, -0.05) is 0 Å². The minimum absolute atomic E-state index is 0. The topological polar surface area (TPSA) is 209 Å². The standard InChI is InChI=1S/C22H29N7O7.ClH/c23-22(25-13-5-7-14(8-6-13)29(35)36)24-11-1-3-16(21(33)34)27-19(31)17-4-2-12-28(17)20(32)15-9-10-18(30)26-15;/h5-8,15-17H,1-4,9-12H2,(H,26,30)(H,27,31)(H,33,34)(H3,23,24,25);1H/p-1/t15-,16-,17-;/m0./s1. The third-order valence-corrected chi connectivity index (χ3v) is 6.03. The molecule has 0 bridgehead atoms. The van der Waals surface area contributed by atoms with Gasteiger partial charge in [-0.3, -0.25) is 29.5 Å². The smallest absolute Gasteiger partial charge is 0.326 e. The molecule has 2 heterocycles. The highest BCUT2D eigenvalue weighted by Crippen LogP contribution is 2.21. The van der Waals surface area contributed by atoms with E-state index >= 15 is 0 Å². The van der Waals surface area contributed by atoms with E-state index in [9.17, 15) is 34.4 Å². The summed E-state index contributed by atoms with van der Waals surface area (Å²) >= 11 is 0. The van der Waals surface area contributed by atoms with Crippen LogP contribution in [-0.2, 0) is 19.2 Å². The molecule has 0 radical (unpaired) electrons. The Morgan fingerprint density at radius 3 is 2.57 bits per heavy atom. The highest BCUT2D eigenvalue weighted by atomic mass is 35.5. The maximum Gasteiger partial charge on any atom is 0.326 e. The van der Waals surface area contributed by atoms with Gasteiger partial charge in [0.15, 0.2) is 5.96 Å². The van der Waals surface area contributed by atoms with E-state index in [4.69, 9.17) is 5.73 Å². The molecule has 0 aromatic heterocycles. The maximum atomic E-state index is 12.8. The van der Waals surface area contributed by atoms with Crippen LogP contribution < -0.4 is 34.1 Å². The van der Waals surface area contributed by atoms with Crippen molar-refractivity contribution in [1.29, 1.82) is 0 Å². The van der Waals surface area contributed by atoms with E-state index in [-0.39, 0.29) is 55.3 Å². The van der Waals surface area contributed by atoms with Crippen LogP contribution >= 0.6 is 0 Å². The Kier molecular flexibility index (Phi) is 10.6. The summed E-state index contributed by atoms with van der Waals surface area (Å²) in [6.07, 6.45) is 2.06. The Labute approximate surface area is 218 Å². The van der Waals surface area contributed by atoms with Crippen molar-refractivity contribution >= 4 is 41.0 Å². The average molecular weight is 539 g/mol. The van der Waals surface area contributed by atoms with Gasteiger partial charge in [-0.15, -0.1) is 0 Å². The number of halogens is 1. The molecule has 202 valence electrons. The molecule has 1 aromatic carbocycles. The SMILES string of the molecule is NC(=NCCC[C@H](NC(=O)[C@@H]1CCCN1C(=O)[C@@H]1CCC(=O)N1)C(=O)O)Nc1ccc([N+](=O)[O-])cc1.[Cl-]. The van der Waals surface area contributed by atoms with Crippen molar-refractivity contribution in [3.05, 3.63) is 34.4 Å². The molecule has 0 aliphatic carbocycles. The minimum atomic E-state index is -1.21. The number of hydrogen-bond donors (Lipinski definition) is 5. The molecule has 2 aliphatic rings. The first kappa shape index (κ1) is 29.3. The second-order valence-corrected chi connectivity index (χ2v) is 8.59. The number of hydrogen-bond acceptors (Lipinski definition) is 7. The number of aliphatic carboxylic acids is 1. The Morgan fingerprint density at radius 2 is 1.97 bits per heavy atom. The summed E-state index contributed by atoms with van der Waals surface area (Å²) in [7, 11) is 0. The number of amides is 3. The van der Waals surface area contributed by atoms with Crippen molar-refractivity contribution in [2.24, 2.45) is 10.7 Å². The molecule has 37 heavy (non-hydrogen) atoms. The number of nitrogens with zero attached hydrogens (tertiary/aromatic N) is 3. The summed E-state index contributed by atoms with van der Waals surface area (Å²) in [5, 5.41) is 28.1. The summed E-state index contributed by atoms with van der Waals surface area (Å²) in [6, 6.07) is 3.00. The van der Waals surface area contributed by atoms with Gasteiger partial charge in [0.25, 0.3) is 5.69 Å². The number of carbonyl (C=O) groups is 4. The van der Waals surface area contributed by atoms with Crippen LogP contribution in [0.4, 0.5) is 11.4 Å². The lowest BCUT2D eigenvalue weighted by Gasteiger charge is -2.27. The van der Waals surface area contributed by atoms with E-state index in [0.717, 1.165) is 0 Å². The molecule has 15 heteroatoms. The zero-order valence-electron chi connectivity index (χ0n) is 19.9. The van der Waals surface area contributed by atoms with Gasteiger partial charge in [0.2, 0.25) is 17.7 Å². The molecule has 0 spiro atoms. The van der Waals surface area contributed by atoms with Crippen molar-refractivity contribution in [3.63, 3.8) is 0 Å². The number of anilines is 1. The number of guanidine groups is 1. The van der Waals surface area contributed by atoms with Crippen LogP contribution in [0.2, 0.25) is 0 Å².